The predicted octanol–water partition coefficient (Wildman–Crippen LogP) is -0.123. The van der Waals surface area contributed by atoms with Crippen molar-refractivity contribution in [2.45, 2.75) is 13.0 Å². The van der Waals surface area contributed by atoms with Crippen LogP contribution in [0.15, 0.2) is 12.3 Å². The van der Waals surface area contributed by atoms with Crippen LogP contribution >= 0.6 is 11.3 Å². The van der Waals surface area contributed by atoms with Gasteiger partial charge in [0.05, 0.1) is 11.9 Å². The lowest BCUT2D eigenvalue weighted by Gasteiger charge is -2.08. The van der Waals surface area contributed by atoms with E-state index in [-0.39, 0.29) is 0 Å². The van der Waals surface area contributed by atoms with E-state index < -0.39 is 17.9 Å². The van der Waals surface area contributed by atoms with E-state index in [1.165, 1.54) is 13.1 Å². The van der Waals surface area contributed by atoms with Crippen LogP contribution in [0.1, 0.15) is 16.6 Å². The molecule has 1 atom stereocenters. The zero-order chi connectivity index (χ0) is 13.3. The Kier molecular flexibility index (Phi) is 3.11. The molecular formula is C10H11N5O2S. The summed E-state index contributed by atoms with van der Waals surface area (Å²) >= 11 is 1.12. The summed E-state index contributed by atoms with van der Waals surface area (Å²) in [5.74, 6) is -1.05. The molecule has 0 saturated heterocycles. The first-order valence-electron chi connectivity index (χ1n) is 5.10. The number of nitrogens with one attached hydrogen (secondary N) is 1. The molecule has 2 rings (SSSR count). The van der Waals surface area contributed by atoms with E-state index in [4.69, 9.17) is 11.5 Å². The van der Waals surface area contributed by atoms with Gasteiger partial charge in [0.25, 0.3) is 5.91 Å². The van der Waals surface area contributed by atoms with Crippen LogP contribution in [0.4, 0.5) is 5.69 Å². The lowest BCUT2D eigenvalue weighted by Crippen LogP contribution is -2.42. The van der Waals surface area contributed by atoms with Crippen LogP contribution in [-0.4, -0.2) is 28.1 Å². The number of carbonyl (C=O) groups excluding carboxylic acids is 2. The lowest BCUT2D eigenvalue weighted by molar-refractivity contribution is -0.119. The average molecular weight is 265 g/mol. The third kappa shape index (κ3) is 2.09. The molecule has 2 aromatic rings. The Hall–Kier alpha value is -2.22. The van der Waals surface area contributed by atoms with Crippen LogP contribution < -0.4 is 16.8 Å². The first-order valence-corrected chi connectivity index (χ1v) is 5.92. The second-order valence-electron chi connectivity index (χ2n) is 3.69. The second-order valence-corrected chi connectivity index (χ2v) is 4.69. The molecular weight excluding hydrogens is 254 g/mol. The summed E-state index contributed by atoms with van der Waals surface area (Å²) in [6, 6.07) is 0.927. The van der Waals surface area contributed by atoms with Crippen LogP contribution in [0.25, 0.3) is 10.2 Å². The number of anilines is 1. The van der Waals surface area contributed by atoms with Crippen molar-refractivity contribution in [1.29, 1.82) is 0 Å². The summed E-state index contributed by atoms with van der Waals surface area (Å²) in [7, 11) is 0. The number of primary amides is 1. The van der Waals surface area contributed by atoms with Crippen molar-refractivity contribution >= 4 is 39.1 Å². The first-order chi connectivity index (χ1) is 8.50. The van der Waals surface area contributed by atoms with E-state index in [1.54, 1.807) is 6.07 Å². The molecule has 0 bridgehead atoms. The van der Waals surface area contributed by atoms with Gasteiger partial charge >= 0.3 is 0 Å². The van der Waals surface area contributed by atoms with E-state index in [9.17, 15) is 9.59 Å². The molecule has 0 aliphatic heterocycles. The maximum absolute atomic E-state index is 11.9. The van der Waals surface area contributed by atoms with Crippen molar-refractivity contribution in [2.24, 2.45) is 5.73 Å². The van der Waals surface area contributed by atoms with Crippen LogP contribution in [0.3, 0.4) is 0 Å². The summed E-state index contributed by atoms with van der Waals surface area (Å²) < 4.78 is 0. The van der Waals surface area contributed by atoms with Gasteiger partial charge in [0.15, 0.2) is 0 Å². The minimum Gasteiger partial charge on any atom is -0.397 e. The van der Waals surface area contributed by atoms with Crippen LogP contribution in [0.2, 0.25) is 0 Å². The third-order valence-electron chi connectivity index (χ3n) is 2.40. The van der Waals surface area contributed by atoms with Gasteiger partial charge in [0.1, 0.15) is 15.7 Å². The second kappa shape index (κ2) is 4.57. The Labute approximate surface area is 106 Å². The van der Waals surface area contributed by atoms with Gasteiger partial charge in [-0.15, -0.1) is 16.4 Å². The topological polar surface area (TPSA) is 124 Å². The molecule has 2 amide bonds. The number of amides is 2. The van der Waals surface area contributed by atoms with E-state index >= 15 is 0 Å². The largest absolute Gasteiger partial charge is 0.397 e. The van der Waals surface area contributed by atoms with E-state index in [1.807, 2.05) is 0 Å². The number of hydrogen-bond acceptors (Lipinski definition) is 6. The number of rotatable bonds is 3. The maximum Gasteiger partial charge on any atom is 0.264 e. The highest BCUT2D eigenvalue weighted by Crippen LogP contribution is 2.31. The highest BCUT2D eigenvalue weighted by atomic mass is 32.1. The fraction of sp³-hybridized carbons (Fsp3) is 0.200. The molecule has 2 heterocycles. The quantitative estimate of drug-likeness (QED) is 0.713. The molecule has 0 aliphatic carbocycles. The Morgan fingerprint density at radius 2 is 2.22 bits per heavy atom. The van der Waals surface area contributed by atoms with E-state index in [2.05, 4.69) is 15.5 Å². The highest BCUT2D eigenvalue weighted by Gasteiger charge is 2.20. The summed E-state index contributed by atoms with van der Waals surface area (Å²) in [4.78, 5) is 23.7. The Morgan fingerprint density at radius 1 is 1.50 bits per heavy atom. The number of nitrogens with two attached hydrogens (primary N) is 2. The molecule has 0 saturated carbocycles. The lowest BCUT2D eigenvalue weighted by atomic mass is 10.2. The van der Waals surface area contributed by atoms with Gasteiger partial charge in [-0.2, -0.15) is 5.10 Å². The Balaban J connectivity index is 2.34. The van der Waals surface area contributed by atoms with Gasteiger partial charge in [-0.05, 0) is 13.0 Å². The fourth-order valence-corrected chi connectivity index (χ4v) is 2.32. The van der Waals surface area contributed by atoms with Crippen molar-refractivity contribution in [2.75, 3.05) is 5.73 Å². The standard InChI is InChI=1S/C10H11N5O2S/c1-4(8(12)16)14-9(17)7-6(11)5-2-3-13-15-10(5)18-7/h2-4H,11H2,1H3,(H2,12,16)(H,14,17). The third-order valence-corrected chi connectivity index (χ3v) is 3.51. The van der Waals surface area contributed by atoms with Gasteiger partial charge in [-0.25, -0.2) is 0 Å². The number of hydrogen-bond donors (Lipinski definition) is 3. The van der Waals surface area contributed by atoms with E-state index in [0.717, 1.165) is 11.3 Å². The average Bonchev–Trinajstić information content (AvgIpc) is 2.67. The van der Waals surface area contributed by atoms with Gasteiger partial charge in [0.2, 0.25) is 5.91 Å². The molecule has 0 aromatic carbocycles. The monoisotopic (exact) mass is 265 g/mol. The van der Waals surface area contributed by atoms with E-state index in [0.29, 0.717) is 20.8 Å². The Bertz CT molecular complexity index is 624. The molecule has 0 spiro atoms. The van der Waals surface area contributed by atoms with Gasteiger partial charge in [0, 0.05) is 5.39 Å². The van der Waals surface area contributed by atoms with Crippen molar-refractivity contribution in [3.8, 4) is 0 Å². The molecule has 7 nitrogen and oxygen atoms in total. The van der Waals surface area contributed by atoms with Crippen molar-refractivity contribution in [3.05, 3.63) is 17.1 Å². The van der Waals surface area contributed by atoms with Gasteiger partial charge in [-0.3, -0.25) is 9.59 Å². The number of carbonyl (C=O) groups is 2. The molecule has 94 valence electrons. The normalized spacial score (nSPS) is 12.3. The summed E-state index contributed by atoms with van der Waals surface area (Å²) in [5.41, 5.74) is 11.3. The van der Waals surface area contributed by atoms with Gasteiger partial charge in [-0.1, -0.05) is 0 Å². The van der Waals surface area contributed by atoms with Crippen molar-refractivity contribution in [1.82, 2.24) is 15.5 Å². The number of thiophene rings is 1. The van der Waals surface area contributed by atoms with Crippen LogP contribution in [-0.2, 0) is 4.79 Å². The molecule has 0 aliphatic rings. The minimum atomic E-state index is -0.756. The summed E-state index contributed by atoms with van der Waals surface area (Å²) in [5, 5.41) is 10.7. The molecule has 2 aromatic heterocycles. The fourth-order valence-electron chi connectivity index (χ4n) is 1.38. The predicted molar refractivity (Wildman–Crippen MR) is 68.0 cm³/mol. The maximum atomic E-state index is 11.9. The smallest absolute Gasteiger partial charge is 0.264 e. The number of nitrogen functional groups attached to an aromatic ring is 1. The zero-order valence-electron chi connectivity index (χ0n) is 9.51. The number of aromatic nitrogens is 2. The van der Waals surface area contributed by atoms with Crippen LogP contribution in [0.5, 0.6) is 0 Å². The summed E-state index contributed by atoms with van der Waals surface area (Å²) in [6.07, 6.45) is 1.50. The minimum absolute atomic E-state index is 0.304. The molecule has 1 unspecified atom stereocenters. The molecule has 8 heteroatoms. The zero-order valence-corrected chi connectivity index (χ0v) is 10.3. The van der Waals surface area contributed by atoms with Gasteiger partial charge < -0.3 is 16.8 Å². The van der Waals surface area contributed by atoms with Crippen molar-refractivity contribution < 1.29 is 9.59 Å². The Morgan fingerprint density at radius 3 is 2.83 bits per heavy atom. The SMILES string of the molecule is CC(NC(=O)c1sc2nnccc2c1N)C(N)=O. The van der Waals surface area contributed by atoms with Crippen molar-refractivity contribution in [3.63, 3.8) is 0 Å². The first kappa shape index (κ1) is 12.2. The summed E-state index contributed by atoms with van der Waals surface area (Å²) in [6.45, 7) is 1.50. The molecule has 0 radical (unpaired) electrons. The number of fused-ring (bicyclic) bond motifs is 1. The van der Waals surface area contributed by atoms with Crippen LogP contribution in [0, 0.1) is 0 Å². The molecule has 0 fully saturated rings. The molecule has 5 N–H and O–H groups in total. The number of nitrogens with zero attached hydrogens (tertiary/aromatic N) is 2. The molecule has 18 heavy (non-hydrogen) atoms. The highest BCUT2D eigenvalue weighted by molar-refractivity contribution is 7.21.